The minimum Gasteiger partial charge on any atom is -0.382 e. The van der Waals surface area contributed by atoms with E-state index < -0.39 is 5.82 Å². The molecule has 0 amide bonds. The Bertz CT molecular complexity index is 449. The zero-order valence-corrected chi connectivity index (χ0v) is 6.95. The van der Waals surface area contributed by atoms with E-state index in [1.807, 2.05) is 0 Å². The second-order valence-corrected chi connectivity index (χ2v) is 2.53. The third-order valence-corrected chi connectivity index (χ3v) is 1.79. The molecule has 0 aliphatic carbocycles. The lowest BCUT2D eigenvalue weighted by atomic mass is 10.5. The average Bonchev–Trinajstić information content (AvgIpc) is 2.44. The number of hydrogen-bond acceptors (Lipinski definition) is 4. The molecule has 0 aliphatic heterocycles. The maximum atomic E-state index is 13.2. The topological polar surface area (TPSA) is 68.2 Å². The van der Waals surface area contributed by atoms with E-state index in [-0.39, 0.29) is 11.3 Å². The third-order valence-electron chi connectivity index (χ3n) is 1.79. The van der Waals surface area contributed by atoms with Crippen LogP contribution >= 0.6 is 0 Å². The van der Waals surface area contributed by atoms with Gasteiger partial charge in [-0.1, -0.05) is 0 Å². The van der Waals surface area contributed by atoms with Crippen molar-refractivity contribution < 1.29 is 4.39 Å². The second kappa shape index (κ2) is 2.58. The van der Waals surface area contributed by atoms with Crippen molar-refractivity contribution in [2.45, 2.75) is 0 Å². The summed E-state index contributed by atoms with van der Waals surface area (Å²) in [6, 6.07) is 1.32. The first-order valence-corrected chi connectivity index (χ1v) is 3.69. The Labute approximate surface area is 73.4 Å². The van der Waals surface area contributed by atoms with Gasteiger partial charge in [0.2, 0.25) is 0 Å². The Balaban J connectivity index is 2.87. The molecule has 5 nitrogen and oxygen atoms in total. The molecule has 13 heavy (non-hydrogen) atoms. The van der Waals surface area contributed by atoms with Gasteiger partial charge >= 0.3 is 0 Å². The zero-order chi connectivity index (χ0) is 9.42. The Hall–Kier alpha value is -1.85. The lowest BCUT2D eigenvalue weighted by Crippen LogP contribution is -2.02. The highest BCUT2D eigenvalue weighted by Gasteiger charge is 2.11. The lowest BCUT2D eigenvalue weighted by Gasteiger charge is -1.99. The van der Waals surface area contributed by atoms with Crippen LogP contribution in [0.2, 0.25) is 0 Å². The maximum absolute atomic E-state index is 13.2. The molecule has 2 aromatic rings. The van der Waals surface area contributed by atoms with Gasteiger partial charge in [-0.3, -0.25) is 0 Å². The van der Waals surface area contributed by atoms with Crippen molar-refractivity contribution in [2.24, 2.45) is 0 Å². The Morgan fingerprint density at radius 3 is 3.08 bits per heavy atom. The van der Waals surface area contributed by atoms with E-state index in [0.717, 1.165) is 0 Å². The van der Waals surface area contributed by atoms with Gasteiger partial charge in [0, 0.05) is 13.1 Å². The van der Waals surface area contributed by atoms with Crippen LogP contribution in [-0.2, 0) is 0 Å². The van der Waals surface area contributed by atoms with Crippen molar-refractivity contribution in [1.82, 2.24) is 14.6 Å². The SMILES string of the molecule is CNc1cc(F)c2c(N)ncnn12. The first-order chi connectivity index (χ1) is 6.24. The Kier molecular flexibility index (Phi) is 1.54. The van der Waals surface area contributed by atoms with E-state index in [1.54, 1.807) is 7.05 Å². The van der Waals surface area contributed by atoms with Crippen LogP contribution in [0.3, 0.4) is 0 Å². The Morgan fingerprint density at radius 2 is 2.38 bits per heavy atom. The van der Waals surface area contributed by atoms with Crippen molar-refractivity contribution in [3.8, 4) is 0 Å². The molecule has 0 unspecified atom stereocenters. The number of nitrogen functional groups attached to an aromatic ring is 1. The molecule has 2 heterocycles. The molecule has 0 saturated carbocycles. The minimum absolute atomic E-state index is 0.133. The summed E-state index contributed by atoms with van der Waals surface area (Å²) in [5, 5.41) is 6.65. The van der Waals surface area contributed by atoms with E-state index in [0.29, 0.717) is 5.82 Å². The summed E-state index contributed by atoms with van der Waals surface area (Å²) in [4.78, 5) is 3.69. The number of hydrogen-bond donors (Lipinski definition) is 2. The third kappa shape index (κ3) is 0.986. The smallest absolute Gasteiger partial charge is 0.156 e. The molecule has 6 heteroatoms. The van der Waals surface area contributed by atoms with Gasteiger partial charge in [0.15, 0.2) is 11.6 Å². The molecule has 0 aliphatic rings. The molecule has 0 radical (unpaired) electrons. The number of nitrogens with one attached hydrogen (secondary N) is 1. The number of anilines is 2. The predicted octanol–water partition coefficient (Wildman–Crippen LogP) is 0.492. The molecule has 68 valence electrons. The molecule has 0 saturated heterocycles. The molecule has 0 bridgehead atoms. The highest BCUT2D eigenvalue weighted by atomic mass is 19.1. The van der Waals surface area contributed by atoms with Crippen LogP contribution < -0.4 is 11.1 Å². The fourth-order valence-corrected chi connectivity index (χ4v) is 1.20. The maximum Gasteiger partial charge on any atom is 0.156 e. The van der Waals surface area contributed by atoms with Crippen LogP contribution in [0.25, 0.3) is 5.52 Å². The summed E-state index contributed by atoms with van der Waals surface area (Å²) in [6.07, 6.45) is 1.28. The number of halogens is 1. The molecule has 0 aromatic carbocycles. The van der Waals surface area contributed by atoms with Crippen LogP contribution in [0.1, 0.15) is 0 Å². The number of aromatic nitrogens is 3. The largest absolute Gasteiger partial charge is 0.382 e. The Morgan fingerprint density at radius 1 is 1.62 bits per heavy atom. The zero-order valence-electron chi connectivity index (χ0n) is 6.95. The van der Waals surface area contributed by atoms with Gasteiger partial charge in [-0.2, -0.15) is 5.10 Å². The summed E-state index contributed by atoms with van der Waals surface area (Å²) in [5.41, 5.74) is 5.69. The first kappa shape index (κ1) is 7.78. The summed E-state index contributed by atoms with van der Waals surface area (Å²) in [7, 11) is 1.68. The molecular formula is C7H8FN5. The van der Waals surface area contributed by atoms with E-state index in [4.69, 9.17) is 5.73 Å². The minimum atomic E-state index is -0.428. The van der Waals surface area contributed by atoms with Gasteiger partial charge in [-0.15, -0.1) is 0 Å². The van der Waals surface area contributed by atoms with Gasteiger partial charge < -0.3 is 11.1 Å². The number of nitrogens with zero attached hydrogens (tertiary/aromatic N) is 3. The van der Waals surface area contributed by atoms with Crippen LogP contribution in [0.15, 0.2) is 12.4 Å². The van der Waals surface area contributed by atoms with Gasteiger partial charge in [-0.25, -0.2) is 13.9 Å². The van der Waals surface area contributed by atoms with Crippen molar-refractivity contribution in [1.29, 1.82) is 0 Å². The molecule has 2 aromatic heterocycles. The van der Waals surface area contributed by atoms with Crippen LogP contribution in [0.5, 0.6) is 0 Å². The molecule has 0 atom stereocenters. The van der Waals surface area contributed by atoms with Gasteiger partial charge in [0.25, 0.3) is 0 Å². The average molecular weight is 181 g/mol. The van der Waals surface area contributed by atoms with E-state index in [9.17, 15) is 4.39 Å². The number of rotatable bonds is 1. The normalized spacial score (nSPS) is 10.6. The fraction of sp³-hybridized carbons (Fsp3) is 0.143. The standard InChI is InChI=1S/C7H8FN5/c1-10-5-2-4(8)6-7(9)11-3-12-13(5)6/h2-3,10H,1H3,(H2,9,11,12). The van der Waals surface area contributed by atoms with E-state index in [1.165, 1.54) is 16.9 Å². The molecule has 0 fully saturated rings. The van der Waals surface area contributed by atoms with Crippen molar-refractivity contribution in [3.63, 3.8) is 0 Å². The lowest BCUT2D eigenvalue weighted by molar-refractivity contribution is 0.639. The van der Waals surface area contributed by atoms with E-state index in [2.05, 4.69) is 15.4 Å². The fourth-order valence-electron chi connectivity index (χ4n) is 1.20. The van der Waals surface area contributed by atoms with Crippen molar-refractivity contribution in [3.05, 3.63) is 18.2 Å². The molecule has 2 rings (SSSR count). The summed E-state index contributed by atoms with van der Waals surface area (Å²) < 4.78 is 14.6. The van der Waals surface area contributed by atoms with Gasteiger partial charge in [0.1, 0.15) is 17.7 Å². The number of nitrogens with two attached hydrogens (primary N) is 1. The van der Waals surface area contributed by atoms with Crippen molar-refractivity contribution >= 4 is 17.2 Å². The molecular weight excluding hydrogens is 173 g/mol. The van der Waals surface area contributed by atoms with Crippen molar-refractivity contribution in [2.75, 3.05) is 18.1 Å². The summed E-state index contributed by atoms with van der Waals surface area (Å²) >= 11 is 0. The highest BCUT2D eigenvalue weighted by Crippen LogP contribution is 2.20. The van der Waals surface area contributed by atoms with Crippen LogP contribution in [-0.4, -0.2) is 21.6 Å². The quantitative estimate of drug-likeness (QED) is 0.671. The predicted molar refractivity (Wildman–Crippen MR) is 46.9 cm³/mol. The summed E-state index contributed by atoms with van der Waals surface area (Å²) in [5.74, 6) is 0.248. The molecule has 3 N–H and O–H groups in total. The number of fused-ring (bicyclic) bond motifs is 1. The monoisotopic (exact) mass is 181 g/mol. The highest BCUT2D eigenvalue weighted by molar-refractivity contribution is 5.69. The first-order valence-electron chi connectivity index (χ1n) is 3.69. The second-order valence-electron chi connectivity index (χ2n) is 2.53. The molecule has 0 spiro atoms. The van der Waals surface area contributed by atoms with Gasteiger partial charge in [-0.05, 0) is 0 Å². The van der Waals surface area contributed by atoms with Gasteiger partial charge in [0.05, 0.1) is 0 Å². The summed E-state index contributed by atoms with van der Waals surface area (Å²) in [6.45, 7) is 0. The van der Waals surface area contributed by atoms with E-state index >= 15 is 0 Å². The van der Waals surface area contributed by atoms with Crippen LogP contribution in [0, 0.1) is 5.82 Å². The van der Waals surface area contributed by atoms with Crippen LogP contribution in [0.4, 0.5) is 16.0 Å².